The van der Waals surface area contributed by atoms with Gasteiger partial charge in [0.05, 0.1) is 10.7 Å². The number of rotatable bonds is 7. The summed E-state index contributed by atoms with van der Waals surface area (Å²) in [5.74, 6) is 0.0224. The zero-order chi connectivity index (χ0) is 23.1. The van der Waals surface area contributed by atoms with E-state index in [1.807, 2.05) is 12.1 Å². The van der Waals surface area contributed by atoms with Crippen LogP contribution in [0.15, 0.2) is 70.2 Å². The largest absolute Gasteiger partial charge is 0.488 e. The molecule has 0 heterocycles. The van der Waals surface area contributed by atoms with Crippen LogP contribution in [0.5, 0.6) is 5.75 Å². The Morgan fingerprint density at radius 2 is 1.91 bits per heavy atom. The average Bonchev–Trinajstić information content (AvgIpc) is 2.74. The predicted molar refractivity (Wildman–Crippen MR) is 131 cm³/mol. The number of carbonyl (C=O) groups excluding carboxylic acids is 2. The summed E-state index contributed by atoms with van der Waals surface area (Å²) in [6.07, 6.45) is 1.51. The summed E-state index contributed by atoms with van der Waals surface area (Å²) in [6, 6.07) is 17.2. The number of nitrogens with zero attached hydrogens (tertiary/aromatic N) is 1. The zero-order valence-electron chi connectivity index (χ0n) is 16.9. The van der Waals surface area contributed by atoms with Crippen molar-refractivity contribution in [3.63, 3.8) is 0 Å². The molecule has 32 heavy (non-hydrogen) atoms. The smallest absolute Gasteiger partial charge is 0.271 e. The van der Waals surface area contributed by atoms with Gasteiger partial charge in [-0.05, 0) is 70.0 Å². The molecule has 0 unspecified atom stereocenters. The van der Waals surface area contributed by atoms with E-state index in [0.717, 1.165) is 15.6 Å². The van der Waals surface area contributed by atoms with Crippen LogP contribution in [0.2, 0.25) is 10.0 Å². The summed E-state index contributed by atoms with van der Waals surface area (Å²) < 4.78 is 6.54. The molecule has 0 fully saturated rings. The molecule has 3 aromatic rings. The number of benzene rings is 3. The lowest BCUT2D eigenvalue weighted by molar-refractivity contribution is -0.114. The Kier molecular flexibility index (Phi) is 8.27. The van der Waals surface area contributed by atoms with Crippen LogP contribution >= 0.6 is 39.1 Å². The molecular weight excluding hydrogens is 517 g/mol. The number of hydrogen-bond acceptors (Lipinski definition) is 4. The molecule has 0 atom stereocenters. The first kappa shape index (κ1) is 23.8. The molecule has 0 radical (unpaired) electrons. The van der Waals surface area contributed by atoms with Gasteiger partial charge >= 0.3 is 0 Å². The zero-order valence-corrected chi connectivity index (χ0v) is 20.0. The SMILES string of the molecule is CC(=O)Nc1cccc(C(=O)N/N=C\c2ccc(OCc3ccc(Cl)cc3Cl)c(Br)c2)c1. The highest BCUT2D eigenvalue weighted by Gasteiger charge is 2.07. The van der Waals surface area contributed by atoms with Gasteiger partial charge in [-0.15, -0.1) is 0 Å². The van der Waals surface area contributed by atoms with Crippen molar-refractivity contribution < 1.29 is 14.3 Å². The lowest BCUT2D eigenvalue weighted by Gasteiger charge is -2.10. The molecule has 3 rings (SSSR count). The summed E-state index contributed by atoms with van der Waals surface area (Å²) in [5, 5.41) is 7.72. The number of hydrogen-bond donors (Lipinski definition) is 2. The third-order valence-corrected chi connectivity index (χ3v) is 5.39. The second-order valence-corrected chi connectivity index (χ2v) is 8.37. The molecule has 2 amide bonds. The Labute approximate surface area is 203 Å². The molecule has 9 heteroatoms. The Morgan fingerprint density at radius 3 is 2.62 bits per heavy atom. The molecule has 0 saturated heterocycles. The third kappa shape index (κ3) is 6.82. The number of nitrogens with one attached hydrogen (secondary N) is 2. The maximum Gasteiger partial charge on any atom is 0.271 e. The normalized spacial score (nSPS) is 10.8. The Bertz CT molecular complexity index is 1180. The van der Waals surface area contributed by atoms with E-state index in [0.29, 0.717) is 27.0 Å². The summed E-state index contributed by atoms with van der Waals surface area (Å²) in [5.41, 5.74) is 4.94. The Balaban J connectivity index is 1.59. The fraction of sp³-hybridized carbons (Fsp3) is 0.0870. The first-order chi connectivity index (χ1) is 15.3. The minimum atomic E-state index is -0.396. The molecule has 164 valence electrons. The molecular formula is C23H18BrCl2N3O3. The summed E-state index contributed by atoms with van der Waals surface area (Å²) in [6.45, 7) is 1.69. The second-order valence-electron chi connectivity index (χ2n) is 6.68. The maximum atomic E-state index is 12.3. The van der Waals surface area contributed by atoms with Crippen molar-refractivity contribution in [2.24, 2.45) is 5.10 Å². The molecule has 0 saturated carbocycles. The molecule has 0 bridgehead atoms. The molecule has 0 aliphatic heterocycles. The minimum Gasteiger partial charge on any atom is -0.488 e. The molecule has 0 spiro atoms. The van der Waals surface area contributed by atoms with Crippen molar-refractivity contribution in [3.8, 4) is 5.75 Å². The number of hydrazone groups is 1. The number of ether oxygens (including phenoxy) is 1. The van der Waals surface area contributed by atoms with Crippen molar-refractivity contribution in [2.75, 3.05) is 5.32 Å². The van der Waals surface area contributed by atoms with Gasteiger partial charge in [-0.3, -0.25) is 9.59 Å². The number of anilines is 1. The van der Waals surface area contributed by atoms with Gasteiger partial charge in [0.15, 0.2) is 0 Å². The molecule has 6 nitrogen and oxygen atoms in total. The van der Waals surface area contributed by atoms with Crippen LogP contribution < -0.4 is 15.5 Å². The van der Waals surface area contributed by atoms with Gasteiger partial charge in [-0.1, -0.05) is 35.3 Å². The fourth-order valence-electron chi connectivity index (χ4n) is 2.68. The Morgan fingerprint density at radius 1 is 1.09 bits per heavy atom. The molecule has 0 aliphatic carbocycles. The van der Waals surface area contributed by atoms with Gasteiger partial charge in [0.2, 0.25) is 5.91 Å². The first-order valence-corrected chi connectivity index (χ1v) is 10.9. The van der Waals surface area contributed by atoms with Gasteiger partial charge in [0.1, 0.15) is 12.4 Å². The van der Waals surface area contributed by atoms with E-state index in [4.69, 9.17) is 27.9 Å². The molecule has 3 aromatic carbocycles. The minimum absolute atomic E-state index is 0.213. The monoisotopic (exact) mass is 533 g/mol. The van der Waals surface area contributed by atoms with E-state index >= 15 is 0 Å². The number of amides is 2. The third-order valence-electron chi connectivity index (χ3n) is 4.18. The van der Waals surface area contributed by atoms with Crippen LogP contribution in [0, 0.1) is 0 Å². The average molecular weight is 535 g/mol. The first-order valence-electron chi connectivity index (χ1n) is 9.39. The van der Waals surface area contributed by atoms with E-state index < -0.39 is 5.91 Å². The fourth-order valence-corrected chi connectivity index (χ4v) is 3.65. The van der Waals surface area contributed by atoms with Gasteiger partial charge in [-0.2, -0.15) is 5.10 Å². The maximum absolute atomic E-state index is 12.3. The summed E-state index contributed by atoms with van der Waals surface area (Å²) in [7, 11) is 0. The summed E-state index contributed by atoms with van der Waals surface area (Å²) >= 11 is 15.6. The van der Waals surface area contributed by atoms with E-state index in [-0.39, 0.29) is 12.5 Å². The Hall–Kier alpha value is -2.87. The van der Waals surface area contributed by atoms with Gasteiger partial charge in [0, 0.05) is 33.8 Å². The molecule has 0 aliphatic rings. The second kappa shape index (κ2) is 11.1. The van der Waals surface area contributed by atoms with Crippen LogP contribution in [0.3, 0.4) is 0 Å². The van der Waals surface area contributed by atoms with Crippen molar-refractivity contribution in [3.05, 3.63) is 91.9 Å². The van der Waals surface area contributed by atoms with Crippen LogP contribution in [-0.4, -0.2) is 18.0 Å². The lowest BCUT2D eigenvalue weighted by Crippen LogP contribution is -2.18. The summed E-state index contributed by atoms with van der Waals surface area (Å²) in [4.78, 5) is 23.4. The van der Waals surface area contributed by atoms with Gasteiger partial charge < -0.3 is 10.1 Å². The van der Waals surface area contributed by atoms with Crippen molar-refractivity contribution in [1.29, 1.82) is 0 Å². The van der Waals surface area contributed by atoms with E-state index in [1.54, 1.807) is 48.5 Å². The van der Waals surface area contributed by atoms with Crippen molar-refractivity contribution >= 4 is 62.8 Å². The van der Waals surface area contributed by atoms with Crippen molar-refractivity contribution in [1.82, 2.24) is 5.43 Å². The van der Waals surface area contributed by atoms with E-state index in [2.05, 4.69) is 31.8 Å². The topological polar surface area (TPSA) is 79.8 Å². The number of halogens is 3. The highest BCUT2D eigenvalue weighted by Crippen LogP contribution is 2.28. The van der Waals surface area contributed by atoms with Crippen LogP contribution in [0.1, 0.15) is 28.4 Å². The van der Waals surface area contributed by atoms with Crippen LogP contribution in [0.25, 0.3) is 0 Å². The standard InChI is InChI=1S/C23H18BrCl2N3O3/c1-14(30)28-19-4-2-3-16(10-19)23(31)29-27-12-15-5-8-22(20(24)9-15)32-13-17-6-7-18(25)11-21(17)26/h2-12H,13H2,1H3,(H,28,30)(H,29,31)/b27-12-. The highest BCUT2D eigenvalue weighted by molar-refractivity contribution is 9.10. The predicted octanol–water partition coefficient (Wildman–Crippen LogP) is 6.06. The van der Waals surface area contributed by atoms with E-state index in [1.165, 1.54) is 13.1 Å². The van der Waals surface area contributed by atoms with Crippen LogP contribution in [0.4, 0.5) is 5.69 Å². The van der Waals surface area contributed by atoms with Gasteiger partial charge in [-0.25, -0.2) is 5.43 Å². The molecule has 0 aromatic heterocycles. The number of carbonyl (C=O) groups is 2. The lowest BCUT2D eigenvalue weighted by atomic mass is 10.2. The molecule has 2 N–H and O–H groups in total. The van der Waals surface area contributed by atoms with E-state index in [9.17, 15) is 9.59 Å². The van der Waals surface area contributed by atoms with Crippen LogP contribution in [-0.2, 0) is 11.4 Å². The van der Waals surface area contributed by atoms with Gasteiger partial charge in [0.25, 0.3) is 5.91 Å². The quantitative estimate of drug-likeness (QED) is 0.285. The van der Waals surface area contributed by atoms with Crippen molar-refractivity contribution in [2.45, 2.75) is 13.5 Å². The highest BCUT2D eigenvalue weighted by atomic mass is 79.9.